The number of nitrogens with zero attached hydrogens (tertiary/aromatic N) is 3. The Labute approximate surface area is 202 Å². The van der Waals surface area contributed by atoms with Crippen molar-refractivity contribution < 1.29 is 27.2 Å². The molecule has 0 atom stereocenters. The topological polar surface area (TPSA) is 133 Å². The van der Waals surface area contributed by atoms with E-state index in [-0.39, 0.29) is 41.7 Å². The van der Waals surface area contributed by atoms with Crippen LogP contribution in [0.3, 0.4) is 0 Å². The molecule has 1 fully saturated rings. The van der Waals surface area contributed by atoms with Crippen molar-refractivity contribution in [3.05, 3.63) is 53.5 Å². The number of sulfonamides is 1. The average molecular weight is 503 g/mol. The zero-order valence-electron chi connectivity index (χ0n) is 18.5. The molecule has 2 aromatic rings. The Balaban J connectivity index is 1.84. The summed E-state index contributed by atoms with van der Waals surface area (Å²) >= 11 is 5.19. The van der Waals surface area contributed by atoms with Gasteiger partial charge in [0.05, 0.1) is 31.2 Å². The number of nitrogens with one attached hydrogen (secondary N) is 1. The maximum Gasteiger partial charge on any atom is 0.270 e. The molecule has 12 heteroatoms. The van der Waals surface area contributed by atoms with Crippen molar-refractivity contribution >= 4 is 50.9 Å². The highest BCUT2D eigenvalue weighted by Crippen LogP contribution is 2.25. The fourth-order valence-electron chi connectivity index (χ4n) is 3.16. The van der Waals surface area contributed by atoms with E-state index in [4.69, 9.17) is 26.6 Å². The van der Waals surface area contributed by atoms with Crippen molar-refractivity contribution in [3.8, 4) is 11.8 Å². The predicted molar refractivity (Wildman–Crippen MR) is 128 cm³/mol. The lowest BCUT2D eigenvalue weighted by molar-refractivity contribution is -0.122. The first kappa shape index (κ1) is 25.1. The number of anilines is 1. The van der Waals surface area contributed by atoms with Gasteiger partial charge in [0.1, 0.15) is 22.8 Å². The van der Waals surface area contributed by atoms with Crippen molar-refractivity contribution in [1.82, 2.24) is 9.62 Å². The third kappa shape index (κ3) is 5.88. The lowest BCUT2D eigenvalue weighted by atomic mass is 10.1. The first-order valence-electron chi connectivity index (χ1n) is 10.2. The first-order chi connectivity index (χ1) is 16.1. The molecule has 3 rings (SSSR count). The molecular weight excluding hydrogens is 480 g/mol. The summed E-state index contributed by atoms with van der Waals surface area (Å²) in [7, 11) is -3.56. The highest BCUT2D eigenvalue weighted by molar-refractivity contribution is 7.88. The third-order valence-electron chi connectivity index (χ3n) is 4.75. The Morgan fingerprint density at radius 3 is 2.56 bits per heavy atom. The van der Waals surface area contributed by atoms with Gasteiger partial charge in [-0.1, -0.05) is 0 Å². The number of nitriles is 1. The van der Waals surface area contributed by atoms with E-state index in [1.165, 1.54) is 23.1 Å². The van der Waals surface area contributed by atoms with E-state index in [9.17, 15) is 18.0 Å². The maximum atomic E-state index is 13.1. The van der Waals surface area contributed by atoms with Crippen LogP contribution in [0.2, 0.25) is 0 Å². The molecule has 2 amide bonds. The molecule has 34 heavy (non-hydrogen) atoms. The Kier molecular flexibility index (Phi) is 7.83. The van der Waals surface area contributed by atoms with Crippen molar-refractivity contribution in [2.45, 2.75) is 19.9 Å². The van der Waals surface area contributed by atoms with Crippen molar-refractivity contribution in [2.24, 2.45) is 0 Å². The number of benzene rings is 1. The van der Waals surface area contributed by atoms with Crippen LogP contribution in [0.15, 0.2) is 46.4 Å². The molecule has 0 saturated carbocycles. The van der Waals surface area contributed by atoms with E-state index in [0.29, 0.717) is 18.0 Å². The minimum absolute atomic E-state index is 0.0157. The van der Waals surface area contributed by atoms with Crippen LogP contribution < -0.4 is 15.0 Å². The summed E-state index contributed by atoms with van der Waals surface area (Å²) in [4.78, 5) is 26.8. The van der Waals surface area contributed by atoms with Crippen LogP contribution in [0, 0.1) is 11.3 Å². The first-order valence-corrected chi connectivity index (χ1v) is 12.4. The van der Waals surface area contributed by atoms with Gasteiger partial charge in [-0.3, -0.25) is 19.8 Å². The molecular formula is C22H22N4O6S2. The average Bonchev–Trinajstić information content (AvgIpc) is 3.22. The van der Waals surface area contributed by atoms with Crippen LogP contribution in [-0.4, -0.2) is 49.1 Å². The van der Waals surface area contributed by atoms with Crippen LogP contribution in [0.1, 0.15) is 24.9 Å². The second kappa shape index (κ2) is 10.6. The largest absolute Gasteiger partial charge is 0.494 e. The molecule has 0 spiro atoms. The van der Waals surface area contributed by atoms with Crippen LogP contribution in [0.4, 0.5) is 5.69 Å². The maximum absolute atomic E-state index is 13.1. The van der Waals surface area contributed by atoms with Crippen molar-refractivity contribution in [1.29, 1.82) is 5.26 Å². The van der Waals surface area contributed by atoms with Crippen LogP contribution in [0.25, 0.3) is 6.08 Å². The standard InChI is InChI=1S/C22H22N4O6S2/c1-3-31-16-7-5-15(6-8-16)26-21(28)19(20(27)24-22(26)33)13-17-9-10-18(32-17)14-25(12-4-11-23)34(2,29)30/h5-10,13H,3-4,12,14H2,1-2H3,(H,24,27,33)/b19-13-. The van der Waals surface area contributed by atoms with Gasteiger partial charge in [0.15, 0.2) is 5.11 Å². The van der Waals surface area contributed by atoms with Gasteiger partial charge in [-0.2, -0.15) is 9.57 Å². The molecule has 0 aliphatic carbocycles. The van der Waals surface area contributed by atoms with Crippen LogP contribution in [0.5, 0.6) is 5.75 Å². The molecule has 0 radical (unpaired) electrons. The second-order valence-corrected chi connectivity index (χ2v) is 9.56. The monoisotopic (exact) mass is 502 g/mol. The molecule has 2 heterocycles. The Bertz CT molecular complexity index is 1280. The minimum Gasteiger partial charge on any atom is -0.494 e. The van der Waals surface area contributed by atoms with Crippen molar-refractivity contribution in [3.63, 3.8) is 0 Å². The number of furan rings is 1. The molecule has 1 N–H and O–H groups in total. The zero-order valence-corrected chi connectivity index (χ0v) is 20.1. The molecule has 1 aromatic heterocycles. The van der Waals surface area contributed by atoms with E-state index < -0.39 is 21.8 Å². The quantitative estimate of drug-likeness (QED) is 0.313. The zero-order chi connectivity index (χ0) is 24.9. The number of hydrogen-bond acceptors (Lipinski definition) is 8. The van der Waals surface area contributed by atoms with Gasteiger partial charge in [-0.05, 0) is 61.6 Å². The molecule has 1 aromatic carbocycles. The Hall–Kier alpha value is -3.53. The Morgan fingerprint density at radius 2 is 1.94 bits per heavy atom. The summed E-state index contributed by atoms with van der Waals surface area (Å²) in [6.07, 6.45) is 2.34. The van der Waals surface area contributed by atoms with Gasteiger partial charge < -0.3 is 9.15 Å². The molecule has 1 saturated heterocycles. The molecule has 1 aliphatic rings. The fraction of sp³-hybridized carbons (Fsp3) is 0.273. The molecule has 1 aliphatic heterocycles. The van der Waals surface area contributed by atoms with E-state index in [2.05, 4.69) is 5.32 Å². The predicted octanol–water partition coefficient (Wildman–Crippen LogP) is 2.18. The van der Waals surface area contributed by atoms with Gasteiger partial charge >= 0.3 is 0 Å². The summed E-state index contributed by atoms with van der Waals surface area (Å²) in [5, 5.41) is 11.2. The number of rotatable bonds is 9. The summed E-state index contributed by atoms with van der Waals surface area (Å²) in [6, 6.07) is 11.6. The highest BCUT2D eigenvalue weighted by Gasteiger charge is 2.34. The second-order valence-electron chi connectivity index (χ2n) is 7.19. The minimum atomic E-state index is -3.56. The molecule has 178 valence electrons. The van der Waals surface area contributed by atoms with Gasteiger partial charge in [0.2, 0.25) is 10.0 Å². The van der Waals surface area contributed by atoms with E-state index in [1.54, 1.807) is 24.3 Å². The molecule has 0 bridgehead atoms. The van der Waals surface area contributed by atoms with E-state index >= 15 is 0 Å². The van der Waals surface area contributed by atoms with E-state index in [0.717, 1.165) is 10.6 Å². The summed E-state index contributed by atoms with van der Waals surface area (Å²) < 4.78 is 36.0. The molecule has 10 nitrogen and oxygen atoms in total. The Morgan fingerprint density at radius 1 is 1.24 bits per heavy atom. The highest BCUT2D eigenvalue weighted by atomic mass is 32.2. The van der Waals surface area contributed by atoms with E-state index in [1.807, 2.05) is 13.0 Å². The SMILES string of the molecule is CCOc1ccc(N2C(=O)/C(=C\c3ccc(CN(CCC#N)S(C)(=O)=O)o3)C(=O)NC2=S)cc1. The fourth-order valence-corrected chi connectivity index (χ4v) is 4.23. The normalized spacial score (nSPS) is 15.5. The van der Waals surface area contributed by atoms with Gasteiger partial charge in [-0.15, -0.1) is 0 Å². The smallest absolute Gasteiger partial charge is 0.270 e. The lowest BCUT2D eigenvalue weighted by Gasteiger charge is -2.28. The summed E-state index contributed by atoms with van der Waals surface area (Å²) in [5.41, 5.74) is 0.249. The molecule has 0 unspecified atom stereocenters. The van der Waals surface area contributed by atoms with Gasteiger partial charge in [0, 0.05) is 13.0 Å². The number of carbonyl (C=O) groups is 2. The third-order valence-corrected chi connectivity index (χ3v) is 6.29. The lowest BCUT2D eigenvalue weighted by Crippen LogP contribution is -2.54. The summed E-state index contributed by atoms with van der Waals surface area (Å²) in [5.74, 6) is -0.216. The van der Waals surface area contributed by atoms with Crippen molar-refractivity contribution in [2.75, 3.05) is 24.3 Å². The van der Waals surface area contributed by atoms with Crippen LogP contribution in [-0.2, 0) is 26.2 Å². The van der Waals surface area contributed by atoms with Crippen LogP contribution >= 0.6 is 12.2 Å². The number of carbonyl (C=O) groups excluding carboxylic acids is 2. The number of thiocarbonyl (C=S) groups is 1. The number of hydrogen-bond donors (Lipinski definition) is 1. The number of amides is 2. The van der Waals surface area contributed by atoms with Gasteiger partial charge in [0.25, 0.3) is 11.8 Å². The van der Waals surface area contributed by atoms with Gasteiger partial charge in [-0.25, -0.2) is 8.42 Å². The summed E-state index contributed by atoms with van der Waals surface area (Å²) in [6.45, 7) is 2.28. The number of ether oxygens (including phenoxy) is 1.